The summed E-state index contributed by atoms with van der Waals surface area (Å²) in [7, 11) is 1.29. The Balaban J connectivity index is 3.94. The van der Waals surface area contributed by atoms with E-state index in [0.29, 0.717) is 0 Å². The fourth-order valence-electron chi connectivity index (χ4n) is 0.766. The molecule has 0 unspecified atom stereocenters. The molecule has 0 saturated heterocycles. The number of carbonyl (C=O) groups excluding carboxylic acids is 1. The summed E-state index contributed by atoms with van der Waals surface area (Å²) in [6.07, 6.45) is 0.157. The van der Waals surface area contributed by atoms with Crippen LogP contribution < -0.4 is 0 Å². The van der Waals surface area contributed by atoms with E-state index in [2.05, 4.69) is 4.74 Å². The monoisotopic (exact) mass is 174 g/mol. The van der Waals surface area contributed by atoms with Crippen LogP contribution in [0.3, 0.4) is 0 Å². The lowest BCUT2D eigenvalue weighted by Gasteiger charge is -2.13. The summed E-state index contributed by atoms with van der Waals surface area (Å²) in [4.78, 5) is 21.2. The fourth-order valence-corrected chi connectivity index (χ4v) is 0.766. The summed E-state index contributed by atoms with van der Waals surface area (Å²) in [6.45, 7) is 3.30. The van der Waals surface area contributed by atoms with Gasteiger partial charge in [-0.1, -0.05) is 13.8 Å². The van der Waals surface area contributed by atoms with Gasteiger partial charge in [0.15, 0.2) is 0 Å². The molecule has 0 aromatic carbocycles. The van der Waals surface area contributed by atoms with Crippen molar-refractivity contribution in [2.75, 3.05) is 7.11 Å². The highest BCUT2D eigenvalue weighted by Crippen LogP contribution is 2.15. The molecule has 0 radical (unpaired) electrons. The molecule has 2 atom stereocenters. The number of hydrogen-bond acceptors (Lipinski definition) is 3. The molecular weight excluding hydrogens is 160 g/mol. The van der Waals surface area contributed by atoms with Crippen LogP contribution in [0.4, 0.5) is 0 Å². The highest BCUT2D eigenvalue weighted by Gasteiger charge is 2.21. The summed E-state index contributed by atoms with van der Waals surface area (Å²) in [5.74, 6) is -1.94. The quantitative estimate of drug-likeness (QED) is 0.643. The Morgan fingerprint density at radius 1 is 1.42 bits per heavy atom. The van der Waals surface area contributed by atoms with E-state index in [9.17, 15) is 9.59 Å². The average Bonchev–Trinajstić information content (AvgIpc) is 2.02. The maximum Gasteiger partial charge on any atom is 0.306 e. The van der Waals surface area contributed by atoms with Crippen molar-refractivity contribution in [3.63, 3.8) is 0 Å². The first-order valence-corrected chi connectivity index (χ1v) is 3.78. The second-order valence-electron chi connectivity index (χ2n) is 2.88. The van der Waals surface area contributed by atoms with Crippen LogP contribution in [-0.2, 0) is 14.3 Å². The van der Waals surface area contributed by atoms with Crippen LogP contribution in [-0.4, -0.2) is 24.2 Å². The molecular formula is C8H14O4. The van der Waals surface area contributed by atoms with Crippen molar-refractivity contribution < 1.29 is 19.4 Å². The zero-order valence-electron chi connectivity index (χ0n) is 7.53. The Hall–Kier alpha value is -1.06. The fraction of sp³-hybridized carbons (Fsp3) is 0.750. The molecule has 0 aliphatic carbocycles. The van der Waals surface area contributed by atoms with Gasteiger partial charge in [0.25, 0.3) is 0 Å². The zero-order valence-corrected chi connectivity index (χ0v) is 7.53. The maximum absolute atomic E-state index is 10.7. The first-order valence-electron chi connectivity index (χ1n) is 3.78. The van der Waals surface area contributed by atoms with Gasteiger partial charge in [0.05, 0.1) is 13.0 Å². The number of carboxylic acid groups (broad SMARTS) is 1. The second kappa shape index (κ2) is 4.74. The van der Waals surface area contributed by atoms with Crippen molar-refractivity contribution in [2.24, 2.45) is 11.8 Å². The normalized spacial score (nSPS) is 14.9. The van der Waals surface area contributed by atoms with Gasteiger partial charge in [-0.25, -0.2) is 0 Å². The molecule has 70 valence electrons. The Morgan fingerprint density at radius 2 is 1.92 bits per heavy atom. The van der Waals surface area contributed by atoms with Gasteiger partial charge < -0.3 is 9.84 Å². The van der Waals surface area contributed by atoms with Gasteiger partial charge in [0, 0.05) is 6.42 Å². The molecule has 4 heteroatoms. The SMILES string of the molecule is COC(=O)C[C@H](C)[C@H](C)C(=O)O. The Bertz CT molecular complexity index is 176. The minimum absolute atomic E-state index is 0.157. The molecule has 0 saturated carbocycles. The molecule has 0 aliphatic rings. The van der Waals surface area contributed by atoms with E-state index < -0.39 is 11.9 Å². The molecule has 0 fully saturated rings. The topological polar surface area (TPSA) is 63.6 Å². The molecule has 0 amide bonds. The van der Waals surface area contributed by atoms with E-state index in [1.807, 2.05) is 0 Å². The Morgan fingerprint density at radius 3 is 2.25 bits per heavy atom. The number of methoxy groups -OCH3 is 1. The number of ether oxygens (including phenoxy) is 1. The second-order valence-corrected chi connectivity index (χ2v) is 2.88. The summed E-state index contributed by atoms with van der Waals surface area (Å²) >= 11 is 0. The van der Waals surface area contributed by atoms with Crippen LogP contribution in [0.25, 0.3) is 0 Å². The Kier molecular flexibility index (Phi) is 4.33. The van der Waals surface area contributed by atoms with E-state index in [1.54, 1.807) is 13.8 Å². The number of esters is 1. The Labute approximate surface area is 71.5 Å². The van der Waals surface area contributed by atoms with Crippen molar-refractivity contribution in [2.45, 2.75) is 20.3 Å². The third-order valence-electron chi connectivity index (χ3n) is 1.96. The van der Waals surface area contributed by atoms with Crippen molar-refractivity contribution in [1.29, 1.82) is 0 Å². The average molecular weight is 174 g/mol. The lowest BCUT2D eigenvalue weighted by atomic mass is 9.93. The molecule has 0 aliphatic heterocycles. The van der Waals surface area contributed by atoms with E-state index in [0.717, 1.165) is 0 Å². The number of carbonyl (C=O) groups is 2. The van der Waals surface area contributed by atoms with Crippen molar-refractivity contribution in [1.82, 2.24) is 0 Å². The van der Waals surface area contributed by atoms with Gasteiger partial charge >= 0.3 is 11.9 Å². The lowest BCUT2D eigenvalue weighted by Crippen LogP contribution is -2.21. The van der Waals surface area contributed by atoms with Gasteiger partial charge in [-0.3, -0.25) is 9.59 Å². The van der Waals surface area contributed by atoms with Crippen LogP contribution in [0.2, 0.25) is 0 Å². The number of hydrogen-bond donors (Lipinski definition) is 1. The van der Waals surface area contributed by atoms with Gasteiger partial charge in [-0.2, -0.15) is 0 Å². The largest absolute Gasteiger partial charge is 0.481 e. The van der Waals surface area contributed by atoms with Gasteiger partial charge in [0.2, 0.25) is 0 Å². The predicted octanol–water partition coefficient (Wildman–Crippen LogP) is 0.906. The molecule has 0 rings (SSSR count). The standard InChI is InChI=1S/C8H14O4/c1-5(4-7(9)12-3)6(2)8(10)11/h5-6H,4H2,1-3H3,(H,10,11)/t5-,6-/m0/s1. The third-order valence-corrected chi connectivity index (χ3v) is 1.96. The van der Waals surface area contributed by atoms with Crippen LogP contribution in [0.1, 0.15) is 20.3 Å². The van der Waals surface area contributed by atoms with E-state index in [-0.39, 0.29) is 18.3 Å². The van der Waals surface area contributed by atoms with Crippen LogP contribution in [0, 0.1) is 11.8 Å². The molecule has 0 bridgehead atoms. The van der Waals surface area contributed by atoms with E-state index >= 15 is 0 Å². The lowest BCUT2D eigenvalue weighted by molar-refractivity contribution is -0.145. The summed E-state index contributed by atoms with van der Waals surface area (Å²) in [6, 6.07) is 0. The van der Waals surface area contributed by atoms with E-state index in [1.165, 1.54) is 7.11 Å². The highest BCUT2D eigenvalue weighted by molar-refractivity contribution is 5.73. The third kappa shape index (κ3) is 3.37. The van der Waals surface area contributed by atoms with Crippen LogP contribution in [0.5, 0.6) is 0 Å². The number of carboxylic acids is 1. The van der Waals surface area contributed by atoms with Crippen molar-refractivity contribution >= 4 is 11.9 Å². The molecule has 0 heterocycles. The maximum atomic E-state index is 10.7. The molecule has 1 N–H and O–H groups in total. The van der Waals surface area contributed by atoms with Gasteiger partial charge in [-0.05, 0) is 5.92 Å². The molecule has 12 heavy (non-hydrogen) atoms. The first-order chi connectivity index (χ1) is 5.49. The van der Waals surface area contributed by atoms with Crippen molar-refractivity contribution in [3.8, 4) is 0 Å². The molecule has 0 aromatic rings. The van der Waals surface area contributed by atoms with Gasteiger partial charge in [-0.15, -0.1) is 0 Å². The molecule has 0 spiro atoms. The minimum Gasteiger partial charge on any atom is -0.481 e. The smallest absolute Gasteiger partial charge is 0.306 e. The molecule has 0 aromatic heterocycles. The minimum atomic E-state index is -0.883. The van der Waals surface area contributed by atoms with E-state index in [4.69, 9.17) is 5.11 Å². The van der Waals surface area contributed by atoms with Crippen molar-refractivity contribution in [3.05, 3.63) is 0 Å². The highest BCUT2D eigenvalue weighted by atomic mass is 16.5. The van der Waals surface area contributed by atoms with Crippen LogP contribution >= 0.6 is 0 Å². The summed E-state index contributed by atoms with van der Waals surface area (Å²) in [5.41, 5.74) is 0. The predicted molar refractivity (Wildman–Crippen MR) is 42.6 cm³/mol. The summed E-state index contributed by atoms with van der Waals surface area (Å²) < 4.78 is 4.42. The summed E-state index contributed by atoms with van der Waals surface area (Å²) in [5, 5.41) is 8.59. The van der Waals surface area contributed by atoms with Gasteiger partial charge in [0.1, 0.15) is 0 Å². The number of rotatable bonds is 4. The molecule has 4 nitrogen and oxygen atoms in total. The van der Waals surface area contributed by atoms with Crippen LogP contribution in [0.15, 0.2) is 0 Å². The number of aliphatic carboxylic acids is 1. The first kappa shape index (κ1) is 10.9. The zero-order chi connectivity index (χ0) is 9.72.